The summed E-state index contributed by atoms with van der Waals surface area (Å²) in [7, 11) is 4.34. The van der Waals surface area contributed by atoms with Gasteiger partial charge in [-0.3, -0.25) is 9.88 Å². The van der Waals surface area contributed by atoms with Crippen LogP contribution in [0.1, 0.15) is 31.9 Å². The molecule has 1 saturated heterocycles. The molecular formula is C16H28N4. The third-order valence-electron chi connectivity index (χ3n) is 4.56. The zero-order chi connectivity index (χ0) is 14.7. The average Bonchev–Trinajstić information content (AvgIpc) is 2.82. The Labute approximate surface area is 123 Å². The lowest BCUT2D eigenvalue weighted by molar-refractivity contribution is 0.189. The molecule has 2 rings (SSSR count). The van der Waals surface area contributed by atoms with Crippen LogP contribution in [-0.4, -0.2) is 54.1 Å². The number of nitrogens with two attached hydrogens (primary N) is 1. The van der Waals surface area contributed by atoms with Gasteiger partial charge in [0.05, 0.1) is 6.04 Å². The van der Waals surface area contributed by atoms with Gasteiger partial charge in [-0.2, -0.15) is 0 Å². The number of aromatic nitrogens is 1. The van der Waals surface area contributed by atoms with Crippen LogP contribution < -0.4 is 5.73 Å². The highest BCUT2D eigenvalue weighted by molar-refractivity contribution is 5.17. The number of nitrogens with zero attached hydrogens (tertiary/aromatic N) is 3. The SMILES string of the molecule is CCC(N)C(c1cccnc1)N1CC(C)C(N(C)C)C1. The van der Waals surface area contributed by atoms with Crippen molar-refractivity contribution in [2.75, 3.05) is 27.2 Å². The zero-order valence-electron chi connectivity index (χ0n) is 13.2. The minimum atomic E-state index is 0.160. The number of likely N-dealkylation sites (tertiary alicyclic amines) is 1. The van der Waals surface area contributed by atoms with Crippen LogP contribution in [0.2, 0.25) is 0 Å². The third-order valence-corrected chi connectivity index (χ3v) is 4.56. The van der Waals surface area contributed by atoms with E-state index in [0.717, 1.165) is 19.5 Å². The van der Waals surface area contributed by atoms with Gasteiger partial charge in [0.2, 0.25) is 0 Å². The molecule has 0 saturated carbocycles. The second-order valence-electron chi connectivity index (χ2n) is 6.27. The molecule has 0 radical (unpaired) electrons. The van der Waals surface area contributed by atoms with Crippen molar-refractivity contribution in [2.45, 2.75) is 38.4 Å². The van der Waals surface area contributed by atoms with Gasteiger partial charge in [0.25, 0.3) is 0 Å². The molecule has 20 heavy (non-hydrogen) atoms. The molecule has 4 atom stereocenters. The van der Waals surface area contributed by atoms with Crippen molar-refractivity contribution in [3.05, 3.63) is 30.1 Å². The molecule has 1 aromatic rings. The summed E-state index contributed by atoms with van der Waals surface area (Å²) in [5.41, 5.74) is 7.66. The summed E-state index contributed by atoms with van der Waals surface area (Å²) in [5.74, 6) is 0.674. The maximum absolute atomic E-state index is 6.41. The van der Waals surface area contributed by atoms with Crippen LogP contribution in [0.5, 0.6) is 0 Å². The first kappa shape index (κ1) is 15.4. The van der Waals surface area contributed by atoms with Gasteiger partial charge in [0.15, 0.2) is 0 Å². The molecule has 112 valence electrons. The zero-order valence-corrected chi connectivity index (χ0v) is 13.2. The lowest BCUT2D eigenvalue weighted by atomic mass is 9.98. The summed E-state index contributed by atoms with van der Waals surface area (Å²) in [5, 5.41) is 0. The van der Waals surface area contributed by atoms with E-state index in [-0.39, 0.29) is 12.1 Å². The molecule has 4 unspecified atom stereocenters. The van der Waals surface area contributed by atoms with Crippen LogP contribution in [0, 0.1) is 5.92 Å². The van der Waals surface area contributed by atoms with Crippen LogP contribution >= 0.6 is 0 Å². The minimum absolute atomic E-state index is 0.160. The molecular weight excluding hydrogens is 248 g/mol. The van der Waals surface area contributed by atoms with Crippen LogP contribution in [-0.2, 0) is 0 Å². The molecule has 0 amide bonds. The summed E-state index contributed by atoms with van der Waals surface area (Å²) in [6, 6.07) is 5.21. The first-order valence-electron chi connectivity index (χ1n) is 7.60. The minimum Gasteiger partial charge on any atom is -0.326 e. The van der Waals surface area contributed by atoms with Crippen molar-refractivity contribution >= 4 is 0 Å². The third kappa shape index (κ3) is 3.19. The Balaban J connectivity index is 2.21. The maximum atomic E-state index is 6.41. The number of hydrogen-bond acceptors (Lipinski definition) is 4. The fraction of sp³-hybridized carbons (Fsp3) is 0.688. The van der Waals surface area contributed by atoms with Gasteiger partial charge in [-0.15, -0.1) is 0 Å². The van der Waals surface area contributed by atoms with Gasteiger partial charge in [-0.25, -0.2) is 0 Å². The monoisotopic (exact) mass is 276 g/mol. The lowest BCUT2D eigenvalue weighted by Gasteiger charge is -2.33. The summed E-state index contributed by atoms with van der Waals surface area (Å²) in [4.78, 5) is 9.15. The van der Waals surface area contributed by atoms with Gasteiger partial charge in [-0.1, -0.05) is 19.9 Å². The van der Waals surface area contributed by atoms with Gasteiger partial charge in [0, 0.05) is 37.6 Å². The smallest absolute Gasteiger partial charge is 0.0515 e. The second-order valence-corrected chi connectivity index (χ2v) is 6.27. The molecule has 0 spiro atoms. The molecule has 1 aromatic heterocycles. The van der Waals surface area contributed by atoms with Gasteiger partial charge >= 0.3 is 0 Å². The van der Waals surface area contributed by atoms with Gasteiger partial charge < -0.3 is 10.6 Å². The van der Waals surface area contributed by atoms with Crippen LogP contribution in [0.25, 0.3) is 0 Å². The Morgan fingerprint density at radius 1 is 1.45 bits per heavy atom. The second kappa shape index (κ2) is 6.66. The molecule has 0 aromatic carbocycles. The van der Waals surface area contributed by atoms with Crippen LogP contribution in [0.4, 0.5) is 0 Å². The predicted molar refractivity (Wildman–Crippen MR) is 83.5 cm³/mol. The topological polar surface area (TPSA) is 45.4 Å². The first-order valence-corrected chi connectivity index (χ1v) is 7.60. The summed E-state index contributed by atoms with van der Waals surface area (Å²) in [6.07, 6.45) is 4.78. The first-order chi connectivity index (χ1) is 9.54. The van der Waals surface area contributed by atoms with E-state index < -0.39 is 0 Å². The number of hydrogen-bond donors (Lipinski definition) is 1. The Hall–Kier alpha value is -0.970. The highest BCUT2D eigenvalue weighted by Crippen LogP contribution is 2.31. The lowest BCUT2D eigenvalue weighted by Crippen LogP contribution is -2.41. The Morgan fingerprint density at radius 3 is 2.70 bits per heavy atom. The van der Waals surface area contributed by atoms with Crippen molar-refractivity contribution in [1.82, 2.24) is 14.8 Å². The average molecular weight is 276 g/mol. The van der Waals surface area contributed by atoms with E-state index >= 15 is 0 Å². The van der Waals surface area contributed by atoms with Crippen molar-refractivity contribution in [3.63, 3.8) is 0 Å². The van der Waals surface area contributed by atoms with Crippen LogP contribution in [0.15, 0.2) is 24.5 Å². The standard InChI is InChI=1S/C16H28N4/c1-5-14(17)16(13-7-6-8-18-9-13)20-10-12(2)15(11-20)19(3)4/h6-9,12,14-16H,5,10-11,17H2,1-4H3. The van der Waals surface area contributed by atoms with E-state index in [9.17, 15) is 0 Å². The number of pyridine rings is 1. The van der Waals surface area contributed by atoms with Crippen molar-refractivity contribution in [3.8, 4) is 0 Å². The number of rotatable bonds is 5. The van der Waals surface area contributed by atoms with E-state index in [1.165, 1.54) is 5.56 Å². The van der Waals surface area contributed by atoms with E-state index in [1.54, 1.807) is 0 Å². The fourth-order valence-electron chi connectivity index (χ4n) is 3.39. The van der Waals surface area contributed by atoms with Gasteiger partial charge in [-0.05, 0) is 38.1 Å². The summed E-state index contributed by atoms with van der Waals surface area (Å²) in [6.45, 7) is 6.69. The summed E-state index contributed by atoms with van der Waals surface area (Å²) >= 11 is 0. The molecule has 1 fully saturated rings. The Morgan fingerprint density at radius 2 is 2.20 bits per heavy atom. The Bertz CT molecular complexity index is 406. The molecule has 0 bridgehead atoms. The quantitative estimate of drug-likeness (QED) is 0.890. The van der Waals surface area contributed by atoms with Crippen molar-refractivity contribution < 1.29 is 0 Å². The fourth-order valence-corrected chi connectivity index (χ4v) is 3.39. The highest BCUT2D eigenvalue weighted by Gasteiger charge is 2.37. The number of likely N-dealkylation sites (N-methyl/N-ethyl adjacent to an activating group) is 1. The molecule has 2 heterocycles. The highest BCUT2D eigenvalue weighted by atomic mass is 15.3. The maximum Gasteiger partial charge on any atom is 0.0515 e. The van der Waals surface area contributed by atoms with E-state index in [1.807, 2.05) is 18.5 Å². The normalized spacial score (nSPS) is 26.9. The molecule has 0 aliphatic carbocycles. The van der Waals surface area contributed by atoms with E-state index in [4.69, 9.17) is 5.73 Å². The largest absolute Gasteiger partial charge is 0.326 e. The predicted octanol–water partition coefficient (Wildman–Crippen LogP) is 1.74. The van der Waals surface area contributed by atoms with Crippen molar-refractivity contribution in [2.24, 2.45) is 11.7 Å². The van der Waals surface area contributed by atoms with E-state index in [0.29, 0.717) is 12.0 Å². The molecule has 1 aliphatic rings. The molecule has 4 heteroatoms. The van der Waals surface area contributed by atoms with Crippen LogP contribution in [0.3, 0.4) is 0 Å². The van der Waals surface area contributed by atoms with E-state index in [2.05, 4.69) is 48.8 Å². The van der Waals surface area contributed by atoms with Gasteiger partial charge in [0.1, 0.15) is 0 Å². The van der Waals surface area contributed by atoms with Crippen molar-refractivity contribution in [1.29, 1.82) is 0 Å². The Kier molecular flexibility index (Phi) is 5.13. The molecule has 4 nitrogen and oxygen atoms in total. The molecule has 2 N–H and O–H groups in total. The molecule has 1 aliphatic heterocycles. The summed E-state index contributed by atoms with van der Waals surface area (Å²) < 4.78 is 0.